The first-order chi connectivity index (χ1) is 14.0. The summed E-state index contributed by atoms with van der Waals surface area (Å²) in [5.74, 6) is -1.37. The summed E-state index contributed by atoms with van der Waals surface area (Å²) in [6, 6.07) is 4.20. The largest absolute Gasteiger partial charge is 0.350 e. The first-order valence-corrected chi connectivity index (χ1v) is 9.88. The summed E-state index contributed by atoms with van der Waals surface area (Å²) >= 11 is 1.26. The molecule has 1 aromatic carbocycles. The van der Waals surface area contributed by atoms with Crippen LogP contribution in [-0.2, 0) is 6.42 Å². The summed E-state index contributed by atoms with van der Waals surface area (Å²) in [4.78, 5) is 37.0. The fourth-order valence-electron chi connectivity index (χ4n) is 2.60. The molecule has 9 heteroatoms. The standard InChI is InChI=1S/C20H20FN5O2S/c1-12-4-3-5-15(17(12)21)18(27)25-13(2)20-26-16(11-29-20)19(28)24-7-6-14-10-22-8-9-23-14/h3-5,8-11,13H,6-7H2,1-2H3,(H,24,28)(H,25,27)/t13-/m0/s1. The normalized spacial score (nSPS) is 11.7. The van der Waals surface area contributed by atoms with Crippen molar-refractivity contribution < 1.29 is 14.0 Å². The highest BCUT2D eigenvalue weighted by atomic mass is 32.1. The minimum absolute atomic E-state index is 0.0182. The van der Waals surface area contributed by atoms with Crippen molar-refractivity contribution in [3.63, 3.8) is 0 Å². The predicted molar refractivity (Wildman–Crippen MR) is 107 cm³/mol. The number of thiazole rings is 1. The van der Waals surface area contributed by atoms with E-state index in [1.165, 1.54) is 17.4 Å². The van der Waals surface area contributed by atoms with Gasteiger partial charge in [-0.15, -0.1) is 11.3 Å². The van der Waals surface area contributed by atoms with E-state index in [4.69, 9.17) is 0 Å². The van der Waals surface area contributed by atoms with Crippen LogP contribution < -0.4 is 10.6 Å². The predicted octanol–water partition coefficient (Wildman–Crippen LogP) is 2.84. The maximum absolute atomic E-state index is 14.1. The number of hydrogen-bond donors (Lipinski definition) is 2. The van der Waals surface area contributed by atoms with Crippen LogP contribution in [0.4, 0.5) is 4.39 Å². The van der Waals surface area contributed by atoms with Gasteiger partial charge in [-0.25, -0.2) is 9.37 Å². The second-order valence-electron chi connectivity index (χ2n) is 6.41. The highest BCUT2D eigenvalue weighted by Crippen LogP contribution is 2.19. The second-order valence-corrected chi connectivity index (χ2v) is 7.29. The van der Waals surface area contributed by atoms with Crippen molar-refractivity contribution in [2.75, 3.05) is 6.54 Å². The number of rotatable bonds is 7. The first kappa shape index (κ1) is 20.5. The summed E-state index contributed by atoms with van der Waals surface area (Å²) in [7, 11) is 0. The molecule has 0 aliphatic rings. The van der Waals surface area contributed by atoms with Crippen molar-refractivity contribution in [2.45, 2.75) is 26.3 Å². The molecule has 1 atom stereocenters. The zero-order valence-electron chi connectivity index (χ0n) is 16.0. The van der Waals surface area contributed by atoms with Gasteiger partial charge in [-0.05, 0) is 25.5 Å². The van der Waals surface area contributed by atoms with E-state index in [1.807, 2.05) is 0 Å². The second kappa shape index (κ2) is 9.33. The number of carbonyl (C=O) groups is 2. The summed E-state index contributed by atoms with van der Waals surface area (Å²) in [6.07, 6.45) is 5.40. The Hall–Kier alpha value is -3.20. The first-order valence-electron chi connectivity index (χ1n) is 9.00. The van der Waals surface area contributed by atoms with Crippen LogP contribution in [0.25, 0.3) is 0 Å². The monoisotopic (exact) mass is 413 g/mol. The molecule has 2 heterocycles. The Bertz CT molecular complexity index is 1010. The van der Waals surface area contributed by atoms with Crippen LogP contribution in [0.15, 0.2) is 42.2 Å². The van der Waals surface area contributed by atoms with Crippen LogP contribution in [0.3, 0.4) is 0 Å². The van der Waals surface area contributed by atoms with Gasteiger partial charge < -0.3 is 10.6 Å². The third-order valence-corrected chi connectivity index (χ3v) is 5.22. The molecule has 7 nitrogen and oxygen atoms in total. The lowest BCUT2D eigenvalue weighted by Crippen LogP contribution is -2.28. The summed E-state index contributed by atoms with van der Waals surface area (Å²) < 4.78 is 14.1. The number of benzene rings is 1. The van der Waals surface area contributed by atoms with Crippen molar-refractivity contribution >= 4 is 23.2 Å². The topological polar surface area (TPSA) is 96.9 Å². The molecular formula is C20H20FN5O2S. The Morgan fingerprint density at radius 2 is 2.07 bits per heavy atom. The maximum Gasteiger partial charge on any atom is 0.270 e. The van der Waals surface area contributed by atoms with Crippen molar-refractivity contribution in [2.24, 2.45) is 0 Å². The van der Waals surface area contributed by atoms with Gasteiger partial charge in [0.05, 0.1) is 17.3 Å². The molecule has 0 aliphatic carbocycles. The summed E-state index contributed by atoms with van der Waals surface area (Å²) in [5.41, 5.74) is 1.44. The van der Waals surface area contributed by atoms with E-state index in [9.17, 15) is 14.0 Å². The maximum atomic E-state index is 14.1. The molecule has 0 radical (unpaired) electrons. The molecular weight excluding hydrogens is 393 g/mol. The highest BCUT2D eigenvalue weighted by Gasteiger charge is 2.19. The molecule has 2 N–H and O–H groups in total. The Morgan fingerprint density at radius 1 is 1.24 bits per heavy atom. The Balaban J connectivity index is 1.56. The van der Waals surface area contributed by atoms with Gasteiger partial charge in [0.25, 0.3) is 11.8 Å². The average molecular weight is 413 g/mol. The van der Waals surface area contributed by atoms with Crippen molar-refractivity contribution in [1.82, 2.24) is 25.6 Å². The van der Waals surface area contributed by atoms with Crippen LogP contribution >= 0.6 is 11.3 Å². The Labute approximate surface area is 171 Å². The molecule has 0 saturated carbocycles. The molecule has 0 fully saturated rings. The number of nitrogens with zero attached hydrogens (tertiary/aromatic N) is 3. The molecule has 0 unspecified atom stereocenters. The number of aromatic nitrogens is 3. The fourth-order valence-corrected chi connectivity index (χ4v) is 3.41. The number of carbonyl (C=O) groups excluding carboxylic acids is 2. The van der Waals surface area contributed by atoms with Gasteiger partial charge in [-0.3, -0.25) is 19.6 Å². The van der Waals surface area contributed by atoms with Gasteiger partial charge >= 0.3 is 0 Å². The van der Waals surface area contributed by atoms with Crippen LogP contribution in [0.1, 0.15) is 50.1 Å². The van der Waals surface area contributed by atoms with Crippen molar-refractivity contribution in [3.05, 3.63) is 75.5 Å². The third-order valence-electron chi connectivity index (χ3n) is 4.19. The third kappa shape index (κ3) is 5.20. The van der Waals surface area contributed by atoms with E-state index in [0.29, 0.717) is 23.5 Å². The molecule has 0 spiro atoms. The quantitative estimate of drug-likeness (QED) is 0.621. The van der Waals surface area contributed by atoms with Gasteiger partial charge in [0.1, 0.15) is 16.5 Å². The van der Waals surface area contributed by atoms with Crippen LogP contribution in [0.2, 0.25) is 0 Å². The van der Waals surface area contributed by atoms with Gasteiger partial charge in [0, 0.05) is 36.9 Å². The van der Waals surface area contributed by atoms with Gasteiger partial charge in [0.15, 0.2) is 0 Å². The van der Waals surface area contributed by atoms with Gasteiger partial charge in [0.2, 0.25) is 0 Å². The molecule has 3 rings (SSSR count). The molecule has 2 amide bonds. The number of amides is 2. The zero-order valence-corrected chi connectivity index (χ0v) is 16.8. The average Bonchev–Trinajstić information content (AvgIpc) is 3.21. The Morgan fingerprint density at radius 3 is 2.83 bits per heavy atom. The molecule has 2 aromatic heterocycles. The zero-order chi connectivity index (χ0) is 20.8. The van der Waals surface area contributed by atoms with E-state index in [-0.39, 0.29) is 17.2 Å². The van der Waals surface area contributed by atoms with Crippen LogP contribution in [0.5, 0.6) is 0 Å². The van der Waals surface area contributed by atoms with Crippen molar-refractivity contribution in [1.29, 1.82) is 0 Å². The van der Waals surface area contributed by atoms with E-state index in [1.54, 1.807) is 50.0 Å². The lowest BCUT2D eigenvalue weighted by Gasteiger charge is -2.12. The number of hydrogen-bond acceptors (Lipinski definition) is 6. The van der Waals surface area contributed by atoms with Crippen LogP contribution in [0, 0.1) is 12.7 Å². The molecule has 0 saturated heterocycles. The van der Waals surface area contributed by atoms with Gasteiger partial charge in [-0.2, -0.15) is 0 Å². The highest BCUT2D eigenvalue weighted by molar-refractivity contribution is 7.09. The SMILES string of the molecule is Cc1cccc(C(=O)N[C@@H](C)c2nc(C(=O)NCCc3cnccn3)cs2)c1F. The molecule has 0 bridgehead atoms. The number of aryl methyl sites for hydroxylation is 1. The lowest BCUT2D eigenvalue weighted by atomic mass is 10.1. The van der Waals surface area contributed by atoms with E-state index >= 15 is 0 Å². The number of halogens is 1. The molecule has 0 aliphatic heterocycles. The minimum atomic E-state index is -0.542. The van der Waals surface area contributed by atoms with E-state index < -0.39 is 17.8 Å². The Kier molecular flexibility index (Phi) is 6.61. The number of nitrogens with one attached hydrogen (secondary N) is 2. The van der Waals surface area contributed by atoms with E-state index in [0.717, 1.165) is 5.69 Å². The minimum Gasteiger partial charge on any atom is -0.350 e. The lowest BCUT2D eigenvalue weighted by molar-refractivity contribution is 0.0934. The van der Waals surface area contributed by atoms with Crippen LogP contribution in [-0.4, -0.2) is 33.3 Å². The molecule has 29 heavy (non-hydrogen) atoms. The summed E-state index contributed by atoms with van der Waals surface area (Å²) in [5, 5.41) is 7.69. The van der Waals surface area contributed by atoms with Crippen molar-refractivity contribution in [3.8, 4) is 0 Å². The smallest absolute Gasteiger partial charge is 0.270 e. The summed E-state index contributed by atoms with van der Waals surface area (Å²) in [6.45, 7) is 3.75. The van der Waals surface area contributed by atoms with Gasteiger partial charge in [-0.1, -0.05) is 12.1 Å². The molecule has 3 aromatic rings. The molecule has 150 valence electrons. The fraction of sp³-hybridized carbons (Fsp3) is 0.250. The van der Waals surface area contributed by atoms with E-state index in [2.05, 4.69) is 25.6 Å².